The topological polar surface area (TPSA) is 66.3 Å². The Bertz CT molecular complexity index is 338. The van der Waals surface area contributed by atoms with Crippen LogP contribution in [0.5, 0.6) is 0 Å². The standard InChI is InChI=1S/C10H15N3O2/c1-4-13(10(2,3)9(14)15)8-5-6-11-7-12-8/h5-7H,4H2,1-3H3,(H,14,15). The second-order valence-electron chi connectivity index (χ2n) is 3.68. The molecule has 1 heterocycles. The molecule has 1 N–H and O–H groups in total. The lowest BCUT2D eigenvalue weighted by Crippen LogP contribution is -2.50. The van der Waals surface area contributed by atoms with Crippen molar-refractivity contribution in [2.24, 2.45) is 0 Å². The summed E-state index contributed by atoms with van der Waals surface area (Å²) in [5.74, 6) is -0.247. The Kier molecular flexibility index (Phi) is 3.24. The van der Waals surface area contributed by atoms with Crippen molar-refractivity contribution in [1.29, 1.82) is 0 Å². The number of hydrogen-bond acceptors (Lipinski definition) is 4. The first kappa shape index (κ1) is 11.4. The zero-order chi connectivity index (χ0) is 11.5. The molecule has 0 unspecified atom stereocenters. The summed E-state index contributed by atoms with van der Waals surface area (Å²) in [5, 5.41) is 9.12. The van der Waals surface area contributed by atoms with Crippen LogP contribution in [-0.4, -0.2) is 33.1 Å². The number of aliphatic carboxylic acids is 1. The summed E-state index contributed by atoms with van der Waals surface area (Å²) in [6.07, 6.45) is 3.01. The number of rotatable bonds is 4. The third kappa shape index (κ3) is 2.23. The van der Waals surface area contributed by atoms with Gasteiger partial charge in [-0.25, -0.2) is 14.8 Å². The lowest BCUT2D eigenvalue weighted by molar-refractivity contribution is -0.142. The highest BCUT2D eigenvalue weighted by Gasteiger charge is 2.34. The summed E-state index contributed by atoms with van der Waals surface area (Å²) >= 11 is 0. The third-order valence-electron chi connectivity index (χ3n) is 2.36. The summed E-state index contributed by atoms with van der Waals surface area (Å²) in [7, 11) is 0. The van der Waals surface area contributed by atoms with E-state index < -0.39 is 11.5 Å². The minimum absolute atomic E-state index is 0.580. The average Bonchev–Trinajstić information content (AvgIpc) is 2.19. The van der Waals surface area contributed by atoms with Crippen LogP contribution < -0.4 is 4.90 Å². The summed E-state index contributed by atoms with van der Waals surface area (Å²) in [6, 6.07) is 1.70. The maximum absolute atomic E-state index is 11.1. The second kappa shape index (κ2) is 4.25. The van der Waals surface area contributed by atoms with E-state index in [0.717, 1.165) is 0 Å². The van der Waals surface area contributed by atoms with Crippen molar-refractivity contribution in [2.75, 3.05) is 11.4 Å². The highest BCUT2D eigenvalue weighted by Crippen LogP contribution is 2.21. The molecule has 0 saturated heterocycles. The number of anilines is 1. The van der Waals surface area contributed by atoms with Crippen molar-refractivity contribution in [3.05, 3.63) is 18.6 Å². The molecule has 5 nitrogen and oxygen atoms in total. The Labute approximate surface area is 88.8 Å². The van der Waals surface area contributed by atoms with Gasteiger partial charge in [-0.3, -0.25) is 0 Å². The van der Waals surface area contributed by atoms with E-state index in [9.17, 15) is 4.79 Å². The molecule has 0 bridgehead atoms. The second-order valence-corrected chi connectivity index (χ2v) is 3.68. The highest BCUT2D eigenvalue weighted by molar-refractivity contribution is 5.82. The smallest absolute Gasteiger partial charge is 0.328 e. The van der Waals surface area contributed by atoms with E-state index in [1.165, 1.54) is 6.33 Å². The largest absolute Gasteiger partial charge is 0.480 e. The van der Waals surface area contributed by atoms with E-state index in [4.69, 9.17) is 5.11 Å². The molecule has 1 aromatic heterocycles. The molecule has 0 saturated carbocycles. The van der Waals surface area contributed by atoms with Gasteiger partial charge < -0.3 is 10.0 Å². The van der Waals surface area contributed by atoms with E-state index in [1.807, 2.05) is 6.92 Å². The normalized spacial score (nSPS) is 11.1. The predicted octanol–water partition coefficient (Wildman–Crippen LogP) is 1.17. The highest BCUT2D eigenvalue weighted by atomic mass is 16.4. The SMILES string of the molecule is CCN(c1ccncn1)C(C)(C)C(=O)O. The molecular weight excluding hydrogens is 194 g/mol. The van der Waals surface area contributed by atoms with Gasteiger partial charge >= 0.3 is 5.97 Å². The van der Waals surface area contributed by atoms with Gasteiger partial charge in [0.15, 0.2) is 0 Å². The Morgan fingerprint density at radius 1 is 1.60 bits per heavy atom. The summed E-state index contributed by atoms with van der Waals surface area (Å²) in [4.78, 5) is 20.7. The van der Waals surface area contributed by atoms with Gasteiger partial charge in [0.1, 0.15) is 17.7 Å². The van der Waals surface area contributed by atoms with Gasteiger partial charge in [-0.1, -0.05) is 0 Å². The van der Waals surface area contributed by atoms with Crippen LogP contribution in [0.3, 0.4) is 0 Å². The van der Waals surface area contributed by atoms with Crippen LogP contribution >= 0.6 is 0 Å². The first-order chi connectivity index (χ1) is 7.00. The fraction of sp³-hybridized carbons (Fsp3) is 0.500. The Balaban J connectivity index is 3.05. The van der Waals surface area contributed by atoms with Crippen molar-refractivity contribution >= 4 is 11.8 Å². The molecule has 0 aliphatic rings. The van der Waals surface area contributed by atoms with Gasteiger partial charge in [0.25, 0.3) is 0 Å². The first-order valence-corrected chi connectivity index (χ1v) is 4.77. The summed E-state index contributed by atoms with van der Waals surface area (Å²) in [6.45, 7) is 5.78. The fourth-order valence-corrected chi connectivity index (χ4v) is 1.40. The fourth-order valence-electron chi connectivity index (χ4n) is 1.40. The number of likely N-dealkylation sites (N-methyl/N-ethyl adjacent to an activating group) is 1. The van der Waals surface area contributed by atoms with E-state index in [1.54, 1.807) is 31.0 Å². The number of hydrogen-bond donors (Lipinski definition) is 1. The summed E-state index contributed by atoms with van der Waals surface area (Å²) in [5.41, 5.74) is -0.969. The van der Waals surface area contributed by atoms with Crippen LogP contribution in [-0.2, 0) is 4.79 Å². The third-order valence-corrected chi connectivity index (χ3v) is 2.36. The molecule has 0 amide bonds. The van der Waals surface area contributed by atoms with Gasteiger partial charge in [-0.2, -0.15) is 0 Å². The minimum atomic E-state index is -0.969. The minimum Gasteiger partial charge on any atom is -0.480 e. The molecule has 0 atom stereocenters. The van der Waals surface area contributed by atoms with Gasteiger partial charge in [-0.05, 0) is 26.8 Å². The van der Waals surface area contributed by atoms with Crippen molar-refractivity contribution in [3.63, 3.8) is 0 Å². The number of nitrogens with zero attached hydrogens (tertiary/aromatic N) is 3. The molecule has 0 aromatic carbocycles. The Morgan fingerprint density at radius 2 is 2.27 bits per heavy atom. The summed E-state index contributed by atoms with van der Waals surface area (Å²) < 4.78 is 0. The molecule has 0 radical (unpaired) electrons. The van der Waals surface area contributed by atoms with Crippen LogP contribution in [0, 0.1) is 0 Å². The lowest BCUT2D eigenvalue weighted by atomic mass is 10.0. The van der Waals surface area contributed by atoms with Crippen molar-refractivity contribution in [1.82, 2.24) is 9.97 Å². The Hall–Kier alpha value is -1.65. The number of carboxylic acid groups (broad SMARTS) is 1. The zero-order valence-electron chi connectivity index (χ0n) is 9.14. The molecule has 1 rings (SSSR count). The van der Waals surface area contributed by atoms with E-state index in [-0.39, 0.29) is 0 Å². The van der Waals surface area contributed by atoms with Crippen LogP contribution in [0.25, 0.3) is 0 Å². The molecule has 0 fully saturated rings. The van der Waals surface area contributed by atoms with Gasteiger partial charge in [-0.15, -0.1) is 0 Å². The number of aromatic nitrogens is 2. The lowest BCUT2D eigenvalue weighted by Gasteiger charge is -2.34. The molecular formula is C10H15N3O2. The predicted molar refractivity (Wildman–Crippen MR) is 56.8 cm³/mol. The maximum Gasteiger partial charge on any atom is 0.328 e. The first-order valence-electron chi connectivity index (χ1n) is 4.77. The maximum atomic E-state index is 11.1. The molecule has 1 aromatic rings. The quantitative estimate of drug-likeness (QED) is 0.806. The van der Waals surface area contributed by atoms with Gasteiger partial charge in [0.2, 0.25) is 0 Å². The molecule has 82 valence electrons. The van der Waals surface area contributed by atoms with E-state index in [0.29, 0.717) is 12.4 Å². The molecule has 0 aliphatic heterocycles. The molecule has 0 aliphatic carbocycles. The number of carbonyl (C=O) groups is 1. The molecule has 0 spiro atoms. The van der Waals surface area contributed by atoms with Crippen molar-refractivity contribution < 1.29 is 9.90 Å². The van der Waals surface area contributed by atoms with E-state index in [2.05, 4.69) is 9.97 Å². The van der Waals surface area contributed by atoms with Crippen LogP contribution in [0.2, 0.25) is 0 Å². The van der Waals surface area contributed by atoms with Gasteiger partial charge in [0, 0.05) is 12.7 Å². The van der Waals surface area contributed by atoms with Crippen molar-refractivity contribution in [3.8, 4) is 0 Å². The van der Waals surface area contributed by atoms with Crippen molar-refractivity contribution in [2.45, 2.75) is 26.3 Å². The van der Waals surface area contributed by atoms with Crippen LogP contribution in [0.15, 0.2) is 18.6 Å². The molecule has 5 heteroatoms. The van der Waals surface area contributed by atoms with Crippen LogP contribution in [0.1, 0.15) is 20.8 Å². The number of carboxylic acids is 1. The van der Waals surface area contributed by atoms with Crippen LogP contribution in [0.4, 0.5) is 5.82 Å². The van der Waals surface area contributed by atoms with Gasteiger partial charge in [0.05, 0.1) is 0 Å². The van der Waals surface area contributed by atoms with E-state index >= 15 is 0 Å². The molecule has 15 heavy (non-hydrogen) atoms. The monoisotopic (exact) mass is 209 g/mol. The Morgan fingerprint density at radius 3 is 2.67 bits per heavy atom. The average molecular weight is 209 g/mol. The zero-order valence-corrected chi connectivity index (χ0v) is 9.14.